The van der Waals surface area contributed by atoms with Crippen LogP contribution in [0, 0.1) is 5.92 Å². The number of hydrogen-bond donors (Lipinski definition) is 1. The number of halogens is 1. The van der Waals surface area contributed by atoms with Crippen LogP contribution in [0.25, 0.3) is 0 Å². The van der Waals surface area contributed by atoms with Crippen LogP contribution in [0.5, 0.6) is 0 Å². The zero-order valence-corrected chi connectivity index (χ0v) is 12.0. The minimum absolute atomic E-state index is 0.319. The second-order valence-corrected chi connectivity index (χ2v) is 5.95. The molecule has 1 fully saturated rings. The van der Waals surface area contributed by atoms with Gasteiger partial charge in [-0.3, -0.25) is 0 Å². The molecule has 0 spiro atoms. The Labute approximate surface area is 112 Å². The Morgan fingerprint density at radius 3 is 2.94 bits per heavy atom. The Morgan fingerprint density at radius 1 is 1.41 bits per heavy atom. The Hall–Kier alpha value is -0.540. The maximum absolute atomic E-state index is 6.17. The van der Waals surface area contributed by atoms with Crippen LogP contribution in [0.1, 0.15) is 26.2 Å². The number of piperidine rings is 1. The summed E-state index contributed by atoms with van der Waals surface area (Å²) in [6, 6.07) is 8.83. The van der Waals surface area contributed by atoms with Gasteiger partial charge in [0, 0.05) is 29.3 Å². The van der Waals surface area contributed by atoms with Crippen molar-refractivity contribution in [1.82, 2.24) is 0 Å². The van der Waals surface area contributed by atoms with Gasteiger partial charge in [0.1, 0.15) is 0 Å². The highest BCUT2D eigenvalue weighted by Crippen LogP contribution is 2.27. The van der Waals surface area contributed by atoms with Crippen LogP contribution >= 0.6 is 15.9 Å². The van der Waals surface area contributed by atoms with Gasteiger partial charge in [0.2, 0.25) is 0 Å². The molecule has 94 valence electrons. The van der Waals surface area contributed by atoms with Crippen molar-refractivity contribution in [3.8, 4) is 0 Å². The quantitative estimate of drug-likeness (QED) is 0.926. The first-order valence-electron chi connectivity index (χ1n) is 6.45. The van der Waals surface area contributed by atoms with Crippen LogP contribution in [0.3, 0.4) is 0 Å². The fourth-order valence-corrected chi connectivity index (χ4v) is 3.13. The average Bonchev–Trinajstić information content (AvgIpc) is 2.28. The lowest BCUT2D eigenvalue weighted by Crippen LogP contribution is -2.47. The normalized spacial score (nSPS) is 25.0. The molecule has 3 heteroatoms. The van der Waals surface area contributed by atoms with Crippen LogP contribution in [-0.4, -0.2) is 19.1 Å². The molecule has 2 unspecified atom stereocenters. The molecule has 1 heterocycles. The molecule has 2 nitrogen and oxygen atoms in total. The lowest BCUT2D eigenvalue weighted by atomic mass is 9.91. The summed E-state index contributed by atoms with van der Waals surface area (Å²) in [6.45, 7) is 4.39. The Bertz CT molecular complexity index is 367. The van der Waals surface area contributed by atoms with E-state index in [1.54, 1.807) is 0 Å². The van der Waals surface area contributed by atoms with E-state index < -0.39 is 0 Å². The third-order valence-electron chi connectivity index (χ3n) is 3.44. The van der Waals surface area contributed by atoms with Crippen LogP contribution in [0.15, 0.2) is 28.7 Å². The molecule has 1 aromatic rings. The molecule has 17 heavy (non-hydrogen) atoms. The molecule has 0 aromatic heterocycles. The van der Waals surface area contributed by atoms with Crippen molar-refractivity contribution in [2.45, 2.75) is 32.2 Å². The monoisotopic (exact) mass is 296 g/mol. The highest BCUT2D eigenvalue weighted by Gasteiger charge is 2.24. The maximum atomic E-state index is 6.17. The summed E-state index contributed by atoms with van der Waals surface area (Å²) in [5.41, 5.74) is 7.46. The van der Waals surface area contributed by atoms with Gasteiger partial charge in [0.25, 0.3) is 0 Å². The molecule has 2 rings (SSSR count). The van der Waals surface area contributed by atoms with Crippen molar-refractivity contribution >= 4 is 21.6 Å². The summed E-state index contributed by atoms with van der Waals surface area (Å²) in [4.78, 5) is 2.43. The van der Waals surface area contributed by atoms with Gasteiger partial charge in [0.05, 0.1) is 0 Å². The summed E-state index contributed by atoms with van der Waals surface area (Å²) in [7, 11) is 0. The molecule has 0 saturated carbocycles. The van der Waals surface area contributed by atoms with Gasteiger partial charge in [-0.05, 0) is 37.0 Å². The van der Waals surface area contributed by atoms with Crippen molar-refractivity contribution in [1.29, 1.82) is 0 Å². The number of nitrogens with two attached hydrogens (primary N) is 1. The highest BCUT2D eigenvalue weighted by molar-refractivity contribution is 9.10. The zero-order chi connectivity index (χ0) is 12.3. The molecule has 2 N–H and O–H groups in total. The van der Waals surface area contributed by atoms with Crippen LogP contribution in [0.2, 0.25) is 0 Å². The van der Waals surface area contributed by atoms with Crippen molar-refractivity contribution in [2.75, 3.05) is 18.0 Å². The van der Waals surface area contributed by atoms with Crippen molar-refractivity contribution in [3.05, 3.63) is 28.7 Å². The molecule has 1 saturated heterocycles. The van der Waals surface area contributed by atoms with Gasteiger partial charge in [0.15, 0.2) is 0 Å². The minimum atomic E-state index is 0.319. The summed E-state index contributed by atoms with van der Waals surface area (Å²) in [6.07, 6.45) is 3.72. The standard InChI is InChI=1S/C14H21BrN2/c1-2-4-11-7-13(16)10-17(9-11)14-6-3-5-12(15)8-14/h3,5-6,8,11,13H,2,4,7,9-10,16H2,1H3. The van der Waals surface area contributed by atoms with Gasteiger partial charge in [-0.1, -0.05) is 35.3 Å². The molecule has 0 amide bonds. The smallest absolute Gasteiger partial charge is 0.0378 e. The Balaban J connectivity index is 2.09. The fraction of sp³-hybridized carbons (Fsp3) is 0.571. The first kappa shape index (κ1) is 12.9. The van der Waals surface area contributed by atoms with E-state index >= 15 is 0 Å². The van der Waals surface area contributed by atoms with E-state index in [1.165, 1.54) is 24.9 Å². The van der Waals surface area contributed by atoms with E-state index in [2.05, 4.69) is 52.0 Å². The van der Waals surface area contributed by atoms with E-state index in [-0.39, 0.29) is 0 Å². The van der Waals surface area contributed by atoms with E-state index in [0.29, 0.717) is 6.04 Å². The number of hydrogen-bond acceptors (Lipinski definition) is 2. The van der Waals surface area contributed by atoms with Gasteiger partial charge >= 0.3 is 0 Å². The molecule has 0 radical (unpaired) electrons. The summed E-state index contributed by atoms with van der Waals surface area (Å²) >= 11 is 3.53. The van der Waals surface area contributed by atoms with Crippen LogP contribution < -0.4 is 10.6 Å². The third kappa shape index (κ3) is 3.46. The van der Waals surface area contributed by atoms with Crippen molar-refractivity contribution in [3.63, 3.8) is 0 Å². The van der Waals surface area contributed by atoms with E-state index in [0.717, 1.165) is 23.5 Å². The fourth-order valence-electron chi connectivity index (χ4n) is 2.75. The van der Waals surface area contributed by atoms with E-state index in [9.17, 15) is 0 Å². The second kappa shape index (κ2) is 5.87. The lowest BCUT2D eigenvalue weighted by Gasteiger charge is -2.38. The molecule has 2 atom stereocenters. The molecule has 1 aliphatic rings. The Morgan fingerprint density at radius 2 is 2.24 bits per heavy atom. The first-order valence-corrected chi connectivity index (χ1v) is 7.24. The minimum Gasteiger partial charge on any atom is -0.370 e. The number of nitrogens with zero attached hydrogens (tertiary/aromatic N) is 1. The zero-order valence-electron chi connectivity index (χ0n) is 10.4. The van der Waals surface area contributed by atoms with Gasteiger partial charge < -0.3 is 10.6 Å². The predicted molar refractivity (Wildman–Crippen MR) is 77.3 cm³/mol. The second-order valence-electron chi connectivity index (χ2n) is 5.04. The third-order valence-corrected chi connectivity index (χ3v) is 3.93. The molecule has 1 aliphatic heterocycles. The topological polar surface area (TPSA) is 29.3 Å². The molecular formula is C14H21BrN2. The lowest BCUT2D eigenvalue weighted by molar-refractivity contribution is 0.355. The predicted octanol–water partition coefficient (Wildman–Crippen LogP) is 3.40. The summed E-state index contributed by atoms with van der Waals surface area (Å²) in [5, 5.41) is 0. The average molecular weight is 297 g/mol. The van der Waals surface area contributed by atoms with Gasteiger partial charge in [-0.2, -0.15) is 0 Å². The number of rotatable bonds is 3. The van der Waals surface area contributed by atoms with Crippen LogP contribution in [0.4, 0.5) is 5.69 Å². The SMILES string of the molecule is CCCC1CC(N)CN(c2cccc(Br)c2)C1. The largest absolute Gasteiger partial charge is 0.370 e. The highest BCUT2D eigenvalue weighted by atomic mass is 79.9. The van der Waals surface area contributed by atoms with Crippen LogP contribution in [-0.2, 0) is 0 Å². The molecular weight excluding hydrogens is 276 g/mol. The number of anilines is 1. The van der Waals surface area contributed by atoms with Crippen molar-refractivity contribution < 1.29 is 0 Å². The molecule has 1 aromatic carbocycles. The van der Waals surface area contributed by atoms with E-state index in [4.69, 9.17) is 5.73 Å². The van der Waals surface area contributed by atoms with Gasteiger partial charge in [-0.15, -0.1) is 0 Å². The summed E-state index contributed by atoms with van der Waals surface area (Å²) < 4.78 is 1.14. The maximum Gasteiger partial charge on any atom is 0.0378 e. The van der Waals surface area contributed by atoms with E-state index in [1.807, 2.05) is 0 Å². The Kier molecular flexibility index (Phi) is 4.46. The van der Waals surface area contributed by atoms with Gasteiger partial charge in [-0.25, -0.2) is 0 Å². The van der Waals surface area contributed by atoms with Crippen molar-refractivity contribution in [2.24, 2.45) is 11.7 Å². The molecule has 0 bridgehead atoms. The first-order chi connectivity index (χ1) is 8.19. The summed E-state index contributed by atoms with van der Waals surface area (Å²) in [5.74, 6) is 0.753. The number of benzene rings is 1. The molecule has 0 aliphatic carbocycles.